The summed E-state index contributed by atoms with van der Waals surface area (Å²) in [6.07, 6.45) is 6.07. The van der Waals surface area contributed by atoms with Crippen molar-refractivity contribution >= 4 is 12.0 Å². The maximum atomic E-state index is 8.18. The molecule has 4 heteroatoms. The zero-order chi connectivity index (χ0) is 8.10. The van der Waals surface area contributed by atoms with E-state index in [1.807, 2.05) is 6.07 Å². The van der Waals surface area contributed by atoms with Crippen LogP contribution < -0.4 is 5.73 Å². The minimum Gasteiger partial charge on any atom is -0.368 e. The Morgan fingerprint density at radius 1 is 1.45 bits per heavy atom. The number of nitrogens with two attached hydrogens (primary N) is 1. The highest BCUT2D eigenvalue weighted by atomic mass is 15.0. The van der Waals surface area contributed by atoms with Gasteiger partial charge in [-0.2, -0.15) is 5.26 Å². The molecule has 0 fully saturated rings. The van der Waals surface area contributed by atoms with Crippen LogP contribution in [-0.2, 0) is 0 Å². The molecule has 0 aliphatic rings. The van der Waals surface area contributed by atoms with Crippen LogP contribution in [0.5, 0.6) is 0 Å². The third-order valence-electron chi connectivity index (χ3n) is 1.04. The van der Waals surface area contributed by atoms with E-state index in [-0.39, 0.29) is 5.95 Å². The summed E-state index contributed by atoms with van der Waals surface area (Å²) >= 11 is 0. The van der Waals surface area contributed by atoms with Gasteiger partial charge in [-0.1, -0.05) is 0 Å². The fourth-order valence-electron chi connectivity index (χ4n) is 0.568. The van der Waals surface area contributed by atoms with Crippen molar-refractivity contribution < 1.29 is 0 Å². The van der Waals surface area contributed by atoms with Crippen molar-refractivity contribution in [2.75, 3.05) is 5.73 Å². The van der Waals surface area contributed by atoms with Gasteiger partial charge in [0.2, 0.25) is 5.95 Å². The Balaban J connectivity index is 2.84. The molecule has 0 amide bonds. The number of nitrogens with zero attached hydrogens (tertiary/aromatic N) is 3. The summed E-state index contributed by atoms with van der Waals surface area (Å²) in [5, 5.41) is 8.18. The highest BCUT2D eigenvalue weighted by molar-refractivity contribution is 5.49. The highest BCUT2D eigenvalue weighted by Gasteiger charge is 1.87. The predicted octanol–water partition coefficient (Wildman–Crippen LogP) is 0.596. The molecule has 0 bridgehead atoms. The van der Waals surface area contributed by atoms with Crippen LogP contribution >= 0.6 is 0 Å². The maximum Gasteiger partial charge on any atom is 0.219 e. The Hall–Kier alpha value is -1.89. The summed E-state index contributed by atoms with van der Waals surface area (Å²) < 4.78 is 0. The first-order valence-corrected chi connectivity index (χ1v) is 2.96. The summed E-state index contributed by atoms with van der Waals surface area (Å²) in [5.74, 6) is 0.235. The van der Waals surface area contributed by atoms with E-state index >= 15 is 0 Å². The van der Waals surface area contributed by atoms with Crippen LogP contribution in [0.3, 0.4) is 0 Å². The van der Waals surface area contributed by atoms with Gasteiger partial charge in [-0.05, 0) is 6.08 Å². The van der Waals surface area contributed by atoms with Crippen LogP contribution in [0.1, 0.15) is 5.56 Å². The molecule has 1 aromatic rings. The van der Waals surface area contributed by atoms with Crippen molar-refractivity contribution in [1.29, 1.82) is 5.26 Å². The zero-order valence-corrected chi connectivity index (χ0v) is 5.73. The standard InChI is InChI=1S/C7H6N4/c8-3-1-2-6-4-10-7(9)11-5-6/h1-2,4-5H,(H2,9,10,11). The van der Waals surface area contributed by atoms with Gasteiger partial charge >= 0.3 is 0 Å². The van der Waals surface area contributed by atoms with Crippen molar-refractivity contribution in [1.82, 2.24) is 9.97 Å². The van der Waals surface area contributed by atoms with Gasteiger partial charge in [0.25, 0.3) is 0 Å². The first kappa shape index (κ1) is 7.22. The quantitative estimate of drug-likeness (QED) is 0.588. The topological polar surface area (TPSA) is 75.6 Å². The molecule has 1 rings (SSSR count). The fraction of sp³-hybridized carbons (Fsp3) is 0. The number of nitrogen functional groups attached to an aromatic ring is 1. The van der Waals surface area contributed by atoms with E-state index < -0.39 is 0 Å². The van der Waals surface area contributed by atoms with Crippen LogP contribution in [0.25, 0.3) is 6.08 Å². The number of hydrogen-bond donors (Lipinski definition) is 1. The second-order valence-electron chi connectivity index (χ2n) is 1.84. The van der Waals surface area contributed by atoms with Crippen molar-refractivity contribution in [2.45, 2.75) is 0 Å². The van der Waals surface area contributed by atoms with Gasteiger partial charge in [-0.3, -0.25) is 0 Å². The molecule has 4 nitrogen and oxygen atoms in total. The highest BCUT2D eigenvalue weighted by Crippen LogP contribution is 1.98. The lowest BCUT2D eigenvalue weighted by molar-refractivity contribution is 1.18. The summed E-state index contributed by atoms with van der Waals surface area (Å²) in [5.41, 5.74) is 6.01. The van der Waals surface area contributed by atoms with Gasteiger partial charge < -0.3 is 5.73 Å². The molecule has 54 valence electrons. The van der Waals surface area contributed by atoms with E-state index in [9.17, 15) is 0 Å². The van der Waals surface area contributed by atoms with Gasteiger partial charge in [0.05, 0.1) is 6.07 Å². The van der Waals surface area contributed by atoms with E-state index in [1.54, 1.807) is 18.5 Å². The number of anilines is 1. The summed E-state index contributed by atoms with van der Waals surface area (Å²) in [7, 11) is 0. The Bertz CT molecular complexity index is 293. The van der Waals surface area contributed by atoms with Crippen LogP contribution in [0.2, 0.25) is 0 Å². The normalized spacial score (nSPS) is 9.73. The SMILES string of the molecule is N#CC=Cc1cnc(N)nc1. The first-order valence-electron chi connectivity index (χ1n) is 2.96. The molecule has 0 spiro atoms. The summed E-state index contributed by atoms with van der Waals surface area (Å²) in [6, 6.07) is 1.86. The molecule has 1 heterocycles. The molecule has 0 radical (unpaired) electrons. The number of allylic oxidation sites excluding steroid dienone is 1. The maximum absolute atomic E-state index is 8.18. The number of aromatic nitrogens is 2. The van der Waals surface area contributed by atoms with Gasteiger partial charge in [-0.25, -0.2) is 9.97 Å². The van der Waals surface area contributed by atoms with E-state index in [1.165, 1.54) is 6.08 Å². The van der Waals surface area contributed by atoms with Crippen molar-refractivity contribution in [3.8, 4) is 6.07 Å². The molecule has 1 aromatic heterocycles. The largest absolute Gasteiger partial charge is 0.368 e. The zero-order valence-electron chi connectivity index (χ0n) is 5.73. The average molecular weight is 146 g/mol. The third-order valence-corrected chi connectivity index (χ3v) is 1.04. The molecule has 0 saturated heterocycles. The molecular weight excluding hydrogens is 140 g/mol. The predicted molar refractivity (Wildman–Crippen MR) is 41.1 cm³/mol. The third kappa shape index (κ3) is 2.06. The molecule has 0 aliphatic heterocycles. The minimum atomic E-state index is 0.235. The van der Waals surface area contributed by atoms with Crippen molar-refractivity contribution in [2.24, 2.45) is 0 Å². The van der Waals surface area contributed by atoms with Crippen LogP contribution in [-0.4, -0.2) is 9.97 Å². The van der Waals surface area contributed by atoms with E-state index in [2.05, 4.69) is 9.97 Å². The molecular formula is C7H6N4. The minimum absolute atomic E-state index is 0.235. The lowest BCUT2D eigenvalue weighted by atomic mass is 10.3. The lowest BCUT2D eigenvalue weighted by Gasteiger charge is -1.90. The van der Waals surface area contributed by atoms with Gasteiger partial charge in [0, 0.05) is 24.0 Å². The molecule has 0 aliphatic carbocycles. The molecule has 0 aromatic carbocycles. The van der Waals surface area contributed by atoms with E-state index in [0.717, 1.165) is 5.56 Å². The molecule has 2 N–H and O–H groups in total. The smallest absolute Gasteiger partial charge is 0.219 e. The molecule has 0 unspecified atom stereocenters. The Morgan fingerprint density at radius 3 is 2.64 bits per heavy atom. The molecule has 0 saturated carbocycles. The lowest BCUT2D eigenvalue weighted by Crippen LogP contribution is -1.92. The Labute approximate surface area is 64.0 Å². The number of hydrogen-bond acceptors (Lipinski definition) is 4. The average Bonchev–Trinajstić information content (AvgIpc) is 2.04. The Morgan fingerprint density at radius 2 is 2.09 bits per heavy atom. The molecule has 0 atom stereocenters. The van der Waals surface area contributed by atoms with E-state index in [4.69, 9.17) is 11.0 Å². The fourth-order valence-corrected chi connectivity index (χ4v) is 0.568. The summed E-state index contributed by atoms with van der Waals surface area (Å²) in [4.78, 5) is 7.48. The Kier molecular flexibility index (Phi) is 2.18. The summed E-state index contributed by atoms with van der Waals surface area (Å²) in [6.45, 7) is 0. The van der Waals surface area contributed by atoms with Crippen molar-refractivity contribution in [3.63, 3.8) is 0 Å². The van der Waals surface area contributed by atoms with E-state index in [0.29, 0.717) is 0 Å². The second-order valence-corrected chi connectivity index (χ2v) is 1.84. The second kappa shape index (κ2) is 3.32. The van der Waals surface area contributed by atoms with Crippen molar-refractivity contribution in [3.05, 3.63) is 24.0 Å². The molecule has 11 heavy (non-hydrogen) atoms. The van der Waals surface area contributed by atoms with Crippen LogP contribution in [0.4, 0.5) is 5.95 Å². The van der Waals surface area contributed by atoms with Gasteiger partial charge in [-0.15, -0.1) is 0 Å². The van der Waals surface area contributed by atoms with Gasteiger partial charge in [0.15, 0.2) is 0 Å². The number of rotatable bonds is 1. The first-order chi connectivity index (χ1) is 5.33. The monoisotopic (exact) mass is 146 g/mol. The van der Waals surface area contributed by atoms with Crippen LogP contribution in [0.15, 0.2) is 18.5 Å². The number of nitriles is 1. The van der Waals surface area contributed by atoms with Gasteiger partial charge in [0.1, 0.15) is 0 Å². The van der Waals surface area contributed by atoms with Crippen LogP contribution in [0, 0.1) is 11.3 Å².